The van der Waals surface area contributed by atoms with Crippen molar-refractivity contribution >= 4 is 0 Å². The van der Waals surface area contributed by atoms with E-state index in [2.05, 4.69) is 25.1 Å². The monoisotopic (exact) mass is 203 g/mol. The molecule has 2 N–H and O–H groups in total. The van der Waals surface area contributed by atoms with Gasteiger partial charge in [0.1, 0.15) is 5.75 Å². The van der Waals surface area contributed by atoms with Crippen LogP contribution in [0.5, 0.6) is 5.75 Å². The first-order chi connectivity index (χ1) is 7.28. The highest BCUT2D eigenvalue weighted by Gasteiger charge is 2.56. The first kappa shape index (κ1) is 9.22. The Bertz CT molecular complexity index is 402. The fourth-order valence-electron chi connectivity index (χ4n) is 3.03. The molecule has 0 amide bonds. The Kier molecular flexibility index (Phi) is 1.84. The van der Waals surface area contributed by atoms with E-state index in [4.69, 9.17) is 10.5 Å². The van der Waals surface area contributed by atoms with Gasteiger partial charge in [0.05, 0.1) is 6.61 Å². The van der Waals surface area contributed by atoms with Crippen LogP contribution in [0.25, 0.3) is 0 Å². The Hall–Kier alpha value is -1.02. The van der Waals surface area contributed by atoms with Crippen molar-refractivity contribution in [1.29, 1.82) is 0 Å². The van der Waals surface area contributed by atoms with Crippen LogP contribution in [0.3, 0.4) is 0 Å². The van der Waals surface area contributed by atoms with Crippen molar-refractivity contribution in [3.63, 3.8) is 0 Å². The molecule has 1 heterocycles. The largest absolute Gasteiger partial charge is 0.493 e. The van der Waals surface area contributed by atoms with E-state index in [0.29, 0.717) is 11.3 Å². The van der Waals surface area contributed by atoms with E-state index in [1.165, 1.54) is 17.5 Å². The smallest absolute Gasteiger partial charge is 0.125 e. The summed E-state index contributed by atoms with van der Waals surface area (Å²) in [5.41, 5.74) is 8.83. The first-order valence-electron chi connectivity index (χ1n) is 5.71. The molecule has 1 fully saturated rings. The molecular formula is C13H17NO. The number of benzene rings is 1. The molecule has 1 aromatic rings. The van der Waals surface area contributed by atoms with Crippen molar-refractivity contribution in [2.45, 2.75) is 25.2 Å². The molecule has 0 bridgehead atoms. The second kappa shape index (κ2) is 2.99. The number of hydrogen-bond donors (Lipinski definition) is 1. The number of rotatable bonds is 1. The molecule has 0 radical (unpaired) electrons. The fraction of sp³-hybridized carbons (Fsp3) is 0.538. The van der Waals surface area contributed by atoms with Gasteiger partial charge in [0.2, 0.25) is 0 Å². The Morgan fingerprint density at radius 1 is 1.53 bits per heavy atom. The van der Waals surface area contributed by atoms with Gasteiger partial charge in [-0.25, -0.2) is 0 Å². The average molecular weight is 203 g/mol. The molecule has 3 rings (SSSR count). The van der Waals surface area contributed by atoms with E-state index in [-0.39, 0.29) is 0 Å². The van der Waals surface area contributed by atoms with Crippen molar-refractivity contribution in [2.75, 3.05) is 13.2 Å². The van der Waals surface area contributed by atoms with Gasteiger partial charge < -0.3 is 10.5 Å². The summed E-state index contributed by atoms with van der Waals surface area (Å²) in [6.45, 7) is 3.79. The Labute approximate surface area is 90.4 Å². The van der Waals surface area contributed by atoms with E-state index >= 15 is 0 Å². The highest BCUT2D eigenvalue weighted by molar-refractivity contribution is 5.50. The van der Waals surface area contributed by atoms with Crippen LogP contribution in [-0.4, -0.2) is 13.2 Å². The second-order valence-corrected chi connectivity index (χ2v) is 4.84. The number of ether oxygens (including phenoxy) is 1. The molecule has 1 spiro atoms. The van der Waals surface area contributed by atoms with E-state index in [1.807, 2.05) is 0 Å². The molecule has 2 nitrogen and oxygen atoms in total. The summed E-state index contributed by atoms with van der Waals surface area (Å²) < 4.78 is 5.78. The molecule has 2 atom stereocenters. The van der Waals surface area contributed by atoms with Crippen molar-refractivity contribution in [2.24, 2.45) is 11.7 Å². The summed E-state index contributed by atoms with van der Waals surface area (Å²) in [6.07, 6.45) is 2.40. The van der Waals surface area contributed by atoms with E-state index in [9.17, 15) is 0 Å². The number of aryl methyl sites for hydroxylation is 1. The molecule has 0 aromatic heterocycles. The van der Waals surface area contributed by atoms with Gasteiger partial charge in [0.15, 0.2) is 0 Å². The van der Waals surface area contributed by atoms with Crippen molar-refractivity contribution < 1.29 is 4.74 Å². The van der Waals surface area contributed by atoms with Gasteiger partial charge in [-0.05, 0) is 37.8 Å². The van der Waals surface area contributed by atoms with Gasteiger partial charge in [-0.1, -0.05) is 18.2 Å². The van der Waals surface area contributed by atoms with Crippen LogP contribution >= 0.6 is 0 Å². The topological polar surface area (TPSA) is 35.2 Å². The second-order valence-electron chi connectivity index (χ2n) is 4.84. The van der Waals surface area contributed by atoms with Gasteiger partial charge in [0.25, 0.3) is 0 Å². The first-order valence-corrected chi connectivity index (χ1v) is 5.71. The maximum atomic E-state index is 5.79. The lowest BCUT2D eigenvalue weighted by molar-refractivity contribution is 0.252. The van der Waals surface area contributed by atoms with Gasteiger partial charge in [0, 0.05) is 11.0 Å². The summed E-state index contributed by atoms with van der Waals surface area (Å²) >= 11 is 0. The summed E-state index contributed by atoms with van der Waals surface area (Å²) in [5.74, 6) is 1.81. The van der Waals surface area contributed by atoms with Crippen LogP contribution in [0.15, 0.2) is 18.2 Å². The number of para-hydroxylation sites is 1. The standard InChI is InChI=1S/C13H17NO/c1-9-3-2-4-11-12(9)15-6-5-13(11)7-10(13)8-14/h2-4,10H,5-8,14H2,1H3. The highest BCUT2D eigenvalue weighted by atomic mass is 16.5. The SMILES string of the molecule is Cc1cccc2c1OCCC21CC1CN. The molecule has 1 aliphatic heterocycles. The summed E-state index contributed by atoms with van der Waals surface area (Å²) in [7, 11) is 0. The zero-order chi connectivity index (χ0) is 10.5. The third-order valence-corrected chi connectivity index (χ3v) is 4.06. The lowest BCUT2D eigenvalue weighted by Gasteiger charge is -2.28. The number of hydrogen-bond acceptors (Lipinski definition) is 2. The summed E-state index contributed by atoms with van der Waals surface area (Å²) in [5, 5.41) is 0. The van der Waals surface area contributed by atoms with Crippen LogP contribution in [-0.2, 0) is 5.41 Å². The highest BCUT2D eigenvalue weighted by Crippen LogP contribution is 2.60. The Balaban J connectivity index is 2.09. The van der Waals surface area contributed by atoms with Crippen LogP contribution < -0.4 is 10.5 Å². The van der Waals surface area contributed by atoms with Crippen molar-refractivity contribution in [3.05, 3.63) is 29.3 Å². The molecule has 2 unspecified atom stereocenters. The molecule has 80 valence electrons. The van der Waals surface area contributed by atoms with E-state index < -0.39 is 0 Å². The predicted molar refractivity (Wildman–Crippen MR) is 60.1 cm³/mol. The number of fused-ring (bicyclic) bond motifs is 2. The molecular weight excluding hydrogens is 186 g/mol. The minimum Gasteiger partial charge on any atom is -0.493 e. The van der Waals surface area contributed by atoms with E-state index in [1.54, 1.807) is 0 Å². The molecule has 1 saturated carbocycles. The van der Waals surface area contributed by atoms with Crippen LogP contribution in [0.2, 0.25) is 0 Å². The Morgan fingerprint density at radius 2 is 2.40 bits per heavy atom. The maximum absolute atomic E-state index is 5.79. The van der Waals surface area contributed by atoms with Gasteiger partial charge in [-0.2, -0.15) is 0 Å². The lowest BCUT2D eigenvalue weighted by Crippen LogP contribution is -2.24. The predicted octanol–water partition coefficient (Wildman–Crippen LogP) is 1.99. The summed E-state index contributed by atoms with van der Waals surface area (Å²) in [4.78, 5) is 0. The third kappa shape index (κ3) is 1.14. The van der Waals surface area contributed by atoms with Gasteiger partial charge in [-0.3, -0.25) is 0 Å². The fourth-order valence-corrected chi connectivity index (χ4v) is 3.03. The number of nitrogens with two attached hydrogens (primary N) is 1. The molecule has 1 aromatic carbocycles. The quantitative estimate of drug-likeness (QED) is 0.757. The van der Waals surface area contributed by atoms with Crippen LogP contribution in [0.4, 0.5) is 0 Å². The molecule has 2 heteroatoms. The summed E-state index contributed by atoms with van der Waals surface area (Å²) in [6, 6.07) is 6.48. The minimum absolute atomic E-state index is 0.369. The van der Waals surface area contributed by atoms with E-state index in [0.717, 1.165) is 25.3 Å². The van der Waals surface area contributed by atoms with Crippen molar-refractivity contribution in [3.8, 4) is 5.75 Å². The van der Waals surface area contributed by atoms with Gasteiger partial charge >= 0.3 is 0 Å². The zero-order valence-corrected chi connectivity index (χ0v) is 9.12. The van der Waals surface area contributed by atoms with Crippen LogP contribution in [0.1, 0.15) is 24.0 Å². The maximum Gasteiger partial charge on any atom is 0.125 e. The van der Waals surface area contributed by atoms with Crippen molar-refractivity contribution in [1.82, 2.24) is 0 Å². The Morgan fingerprint density at radius 3 is 3.13 bits per heavy atom. The minimum atomic E-state index is 0.369. The third-order valence-electron chi connectivity index (χ3n) is 4.06. The molecule has 0 saturated heterocycles. The van der Waals surface area contributed by atoms with Crippen LogP contribution in [0, 0.1) is 12.8 Å². The zero-order valence-electron chi connectivity index (χ0n) is 9.12. The normalized spacial score (nSPS) is 32.3. The lowest BCUT2D eigenvalue weighted by atomic mass is 9.86. The molecule has 15 heavy (non-hydrogen) atoms. The molecule has 2 aliphatic rings. The molecule has 1 aliphatic carbocycles. The van der Waals surface area contributed by atoms with Gasteiger partial charge in [-0.15, -0.1) is 0 Å². The average Bonchev–Trinajstić information content (AvgIpc) is 2.95.